The van der Waals surface area contributed by atoms with E-state index in [1.165, 1.54) is 0 Å². The van der Waals surface area contributed by atoms with Crippen molar-refractivity contribution in [1.29, 1.82) is 0 Å². The van der Waals surface area contributed by atoms with Gasteiger partial charge in [0, 0.05) is 25.2 Å². The smallest absolute Gasteiger partial charge is 0.252 e. The standard InChI is InChI=1S/C18H30N2O4/c1-11-9-19(17(21)15-7-5-13(3)23-15)10-12(2)20(11)18(22)16-8-6-14(4)24-16/h11-16H,5-10H2,1-4H3/t11-,12+,13?,14?,15?,16?. The van der Waals surface area contributed by atoms with Gasteiger partial charge in [0.1, 0.15) is 12.2 Å². The average Bonchev–Trinajstić information content (AvgIpc) is 3.14. The lowest BCUT2D eigenvalue weighted by Crippen LogP contribution is -2.62. The Labute approximate surface area is 144 Å². The summed E-state index contributed by atoms with van der Waals surface area (Å²) in [5, 5.41) is 0. The molecule has 0 N–H and O–H groups in total. The summed E-state index contributed by atoms with van der Waals surface area (Å²) in [5.41, 5.74) is 0. The normalized spacial score (nSPS) is 40.2. The molecule has 0 aliphatic carbocycles. The molecule has 0 aromatic rings. The Balaban J connectivity index is 1.61. The summed E-state index contributed by atoms with van der Waals surface area (Å²) in [5.74, 6) is 0.160. The molecule has 0 radical (unpaired) electrons. The van der Waals surface area contributed by atoms with E-state index in [0.717, 1.165) is 25.7 Å². The van der Waals surface area contributed by atoms with Crippen LogP contribution in [0.15, 0.2) is 0 Å². The number of hydrogen-bond donors (Lipinski definition) is 0. The van der Waals surface area contributed by atoms with Gasteiger partial charge in [0.05, 0.1) is 12.2 Å². The summed E-state index contributed by atoms with van der Waals surface area (Å²) in [4.78, 5) is 29.3. The minimum Gasteiger partial charge on any atom is -0.365 e. The fourth-order valence-electron chi connectivity index (χ4n) is 4.28. The van der Waals surface area contributed by atoms with Crippen LogP contribution in [0.3, 0.4) is 0 Å². The van der Waals surface area contributed by atoms with Crippen molar-refractivity contribution in [2.45, 2.75) is 89.9 Å². The summed E-state index contributed by atoms with van der Waals surface area (Å²) in [6, 6.07) is 0.00654. The van der Waals surface area contributed by atoms with Crippen molar-refractivity contribution in [3.8, 4) is 0 Å². The second-order valence-electron chi connectivity index (χ2n) is 7.71. The molecule has 6 atom stereocenters. The Hall–Kier alpha value is -1.14. The molecule has 3 saturated heterocycles. The molecule has 0 spiro atoms. The Morgan fingerprint density at radius 2 is 1.21 bits per heavy atom. The van der Waals surface area contributed by atoms with E-state index in [9.17, 15) is 9.59 Å². The van der Waals surface area contributed by atoms with Gasteiger partial charge in [0.2, 0.25) is 0 Å². The van der Waals surface area contributed by atoms with Crippen LogP contribution in [0.5, 0.6) is 0 Å². The topological polar surface area (TPSA) is 59.1 Å². The van der Waals surface area contributed by atoms with Crippen LogP contribution in [0, 0.1) is 0 Å². The van der Waals surface area contributed by atoms with Crippen LogP contribution in [0.4, 0.5) is 0 Å². The van der Waals surface area contributed by atoms with Gasteiger partial charge >= 0.3 is 0 Å². The number of hydrogen-bond acceptors (Lipinski definition) is 4. The second-order valence-corrected chi connectivity index (χ2v) is 7.71. The predicted octanol–water partition coefficient (Wildman–Crippen LogP) is 1.57. The van der Waals surface area contributed by atoms with Gasteiger partial charge in [-0.3, -0.25) is 9.59 Å². The van der Waals surface area contributed by atoms with E-state index in [4.69, 9.17) is 9.47 Å². The molecule has 3 aliphatic heterocycles. The van der Waals surface area contributed by atoms with Crippen molar-refractivity contribution in [3.05, 3.63) is 0 Å². The first kappa shape index (κ1) is 17.7. The maximum atomic E-state index is 12.8. The van der Waals surface area contributed by atoms with E-state index >= 15 is 0 Å². The fraction of sp³-hybridized carbons (Fsp3) is 0.889. The number of ether oxygens (including phenoxy) is 2. The fourth-order valence-corrected chi connectivity index (χ4v) is 4.28. The van der Waals surface area contributed by atoms with Gasteiger partial charge in [0.15, 0.2) is 0 Å². The van der Waals surface area contributed by atoms with E-state index in [1.807, 2.05) is 37.5 Å². The van der Waals surface area contributed by atoms with E-state index in [0.29, 0.717) is 13.1 Å². The molecule has 3 heterocycles. The maximum absolute atomic E-state index is 12.8. The zero-order valence-corrected chi connectivity index (χ0v) is 15.2. The molecule has 24 heavy (non-hydrogen) atoms. The molecule has 2 amide bonds. The zero-order valence-electron chi connectivity index (χ0n) is 15.2. The molecule has 4 unspecified atom stereocenters. The van der Waals surface area contributed by atoms with Crippen molar-refractivity contribution >= 4 is 11.8 Å². The molecule has 0 saturated carbocycles. The molecule has 3 fully saturated rings. The van der Waals surface area contributed by atoms with Gasteiger partial charge in [-0.25, -0.2) is 0 Å². The van der Waals surface area contributed by atoms with Crippen LogP contribution in [0.1, 0.15) is 53.4 Å². The first-order chi connectivity index (χ1) is 11.4. The summed E-state index contributed by atoms with van der Waals surface area (Å²) in [6.07, 6.45) is 3.19. The van der Waals surface area contributed by atoms with Crippen LogP contribution >= 0.6 is 0 Å². The molecule has 0 aromatic heterocycles. The lowest BCUT2D eigenvalue weighted by Gasteiger charge is -2.45. The number of rotatable bonds is 2. The SMILES string of the molecule is CC1CCC(C(=O)N2C[C@@H](C)N(C(=O)C3CCC(C)O3)[C@@H](C)C2)O1. The average molecular weight is 338 g/mol. The Morgan fingerprint density at radius 3 is 1.62 bits per heavy atom. The summed E-state index contributed by atoms with van der Waals surface area (Å²) < 4.78 is 11.5. The highest BCUT2D eigenvalue weighted by molar-refractivity contribution is 5.84. The third-order valence-corrected chi connectivity index (χ3v) is 5.50. The molecular formula is C18H30N2O4. The molecule has 0 aromatic carbocycles. The third-order valence-electron chi connectivity index (χ3n) is 5.50. The summed E-state index contributed by atoms with van der Waals surface area (Å²) >= 11 is 0. The monoisotopic (exact) mass is 338 g/mol. The van der Waals surface area contributed by atoms with Crippen LogP contribution in [0.2, 0.25) is 0 Å². The van der Waals surface area contributed by atoms with Crippen molar-refractivity contribution in [1.82, 2.24) is 9.80 Å². The molecule has 6 heteroatoms. The van der Waals surface area contributed by atoms with Gasteiger partial charge in [0.25, 0.3) is 11.8 Å². The molecule has 3 rings (SSSR count). The lowest BCUT2D eigenvalue weighted by molar-refractivity contribution is -0.157. The highest BCUT2D eigenvalue weighted by Crippen LogP contribution is 2.27. The molecule has 3 aliphatic rings. The minimum absolute atomic E-state index is 0.00327. The Kier molecular flexibility index (Phi) is 5.16. The highest BCUT2D eigenvalue weighted by atomic mass is 16.5. The largest absolute Gasteiger partial charge is 0.365 e. The summed E-state index contributed by atoms with van der Waals surface area (Å²) in [6.45, 7) is 9.21. The first-order valence-corrected chi connectivity index (χ1v) is 9.28. The van der Waals surface area contributed by atoms with Gasteiger partial charge in [-0.2, -0.15) is 0 Å². The Morgan fingerprint density at radius 1 is 0.750 bits per heavy atom. The van der Waals surface area contributed by atoms with Gasteiger partial charge in [-0.1, -0.05) is 0 Å². The van der Waals surface area contributed by atoms with E-state index < -0.39 is 0 Å². The zero-order chi connectivity index (χ0) is 17.4. The predicted molar refractivity (Wildman–Crippen MR) is 89.5 cm³/mol. The van der Waals surface area contributed by atoms with Gasteiger partial charge in [-0.15, -0.1) is 0 Å². The maximum Gasteiger partial charge on any atom is 0.252 e. The van der Waals surface area contributed by atoms with E-state index in [1.54, 1.807) is 0 Å². The first-order valence-electron chi connectivity index (χ1n) is 9.28. The van der Waals surface area contributed by atoms with Crippen molar-refractivity contribution < 1.29 is 19.1 Å². The van der Waals surface area contributed by atoms with Gasteiger partial charge in [-0.05, 0) is 53.4 Å². The number of carbonyl (C=O) groups excluding carboxylic acids is 2. The number of piperazine rings is 1. The number of nitrogens with zero attached hydrogens (tertiary/aromatic N) is 2. The van der Waals surface area contributed by atoms with Crippen molar-refractivity contribution in [2.24, 2.45) is 0 Å². The Bertz CT molecular complexity index is 485. The van der Waals surface area contributed by atoms with Crippen LogP contribution in [-0.2, 0) is 19.1 Å². The number of amides is 2. The van der Waals surface area contributed by atoms with Gasteiger partial charge < -0.3 is 19.3 Å². The second kappa shape index (κ2) is 7.00. The summed E-state index contributed by atoms with van der Waals surface area (Å²) in [7, 11) is 0. The van der Waals surface area contributed by atoms with Crippen molar-refractivity contribution in [2.75, 3.05) is 13.1 Å². The van der Waals surface area contributed by atoms with Crippen molar-refractivity contribution in [3.63, 3.8) is 0 Å². The van der Waals surface area contributed by atoms with E-state index in [2.05, 4.69) is 0 Å². The van der Waals surface area contributed by atoms with Crippen LogP contribution < -0.4 is 0 Å². The molecule has 136 valence electrons. The van der Waals surface area contributed by atoms with Crippen LogP contribution in [-0.4, -0.2) is 71.2 Å². The number of carbonyl (C=O) groups is 2. The molecule has 0 bridgehead atoms. The molecular weight excluding hydrogens is 308 g/mol. The van der Waals surface area contributed by atoms with E-state index in [-0.39, 0.29) is 48.3 Å². The van der Waals surface area contributed by atoms with Crippen LogP contribution in [0.25, 0.3) is 0 Å². The minimum atomic E-state index is -0.314. The third kappa shape index (κ3) is 3.45. The molecule has 6 nitrogen and oxygen atoms in total. The quantitative estimate of drug-likeness (QED) is 0.767. The lowest BCUT2D eigenvalue weighted by atomic mass is 10.0. The highest BCUT2D eigenvalue weighted by Gasteiger charge is 2.41.